The van der Waals surface area contributed by atoms with Crippen molar-refractivity contribution < 1.29 is 4.79 Å². The highest BCUT2D eigenvalue weighted by atomic mass is 32.1. The fourth-order valence-electron chi connectivity index (χ4n) is 1.76. The summed E-state index contributed by atoms with van der Waals surface area (Å²) in [6, 6.07) is 2.14. The first-order valence-electron chi connectivity index (χ1n) is 5.68. The minimum Gasteiger partial charge on any atom is -0.333 e. The van der Waals surface area contributed by atoms with E-state index in [1.807, 2.05) is 4.90 Å². The number of carbonyl (C=O) groups excluding carboxylic acids is 1. The summed E-state index contributed by atoms with van der Waals surface area (Å²) in [7, 11) is 0. The molecule has 1 aliphatic carbocycles. The largest absolute Gasteiger partial charge is 0.333 e. The monoisotopic (exact) mass is 238 g/mol. The van der Waals surface area contributed by atoms with E-state index < -0.39 is 0 Å². The lowest BCUT2D eigenvalue weighted by molar-refractivity contribution is -0.133. The molecule has 1 aliphatic rings. The zero-order valence-corrected chi connectivity index (χ0v) is 10.6. The zero-order chi connectivity index (χ0) is 11.7. The molecule has 1 fully saturated rings. The Bertz CT molecular complexity index is 382. The number of rotatable bonds is 4. The van der Waals surface area contributed by atoms with E-state index in [0.29, 0.717) is 6.04 Å². The Labute approximate surface area is 100 Å². The van der Waals surface area contributed by atoms with Gasteiger partial charge >= 0.3 is 0 Å². The molecule has 0 saturated heterocycles. The van der Waals surface area contributed by atoms with E-state index in [2.05, 4.69) is 18.4 Å². The van der Waals surface area contributed by atoms with E-state index in [9.17, 15) is 4.79 Å². The highest BCUT2D eigenvalue weighted by Gasteiger charge is 2.33. The maximum absolute atomic E-state index is 12.0. The Hall–Kier alpha value is -0.870. The van der Waals surface area contributed by atoms with Crippen molar-refractivity contribution >= 4 is 17.2 Å². The zero-order valence-electron chi connectivity index (χ0n) is 9.77. The summed E-state index contributed by atoms with van der Waals surface area (Å²) >= 11 is 1.72. The summed E-state index contributed by atoms with van der Waals surface area (Å²) in [6.07, 6.45) is 2.26. The van der Waals surface area contributed by atoms with E-state index in [4.69, 9.17) is 5.73 Å². The minimum atomic E-state index is -0.388. The van der Waals surface area contributed by atoms with Gasteiger partial charge in [0.05, 0.1) is 12.6 Å². The molecule has 0 spiro atoms. The van der Waals surface area contributed by atoms with Gasteiger partial charge < -0.3 is 10.6 Å². The molecule has 0 aliphatic heterocycles. The van der Waals surface area contributed by atoms with Crippen LogP contribution in [0.4, 0.5) is 0 Å². The maximum Gasteiger partial charge on any atom is 0.239 e. The third kappa shape index (κ3) is 2.44. The molecule has 1 saturated carbocycles. The van der Waals surface area contributed by atoms with Crippen LogP contribution in [0.25, 0.3) is 0 Å². The standard InChI is InChI=1S/C12H18N2OS/c1-8-5-6-16-11(8)7-14(10-3-4-10)12(15)9(2)13/h5-6,9-10H,3-4,7,13H2,1-2H3. The second-order valence-electron chi connectivity index (χ2n) is 4.51. The molecule has 1 unspecified atom stereocenters. The van der Waals surface area contributed by atoms with Gasteiger partial charge in [-0.3, -0.25) is 4.79 Å². The topological polar surface area (TPSA) is 46.3 Å². The third-order valence-electron chi connectivity index (χ3n) is 2.94. The number of nitrogens with two attached hydrogens (primary N) is 1. The van der Waals surface area contributed by atoms with E-state index in [1.54, 1.807) is 18.3 Å². The van der Waals surface area contributed by atoms with Gasteiger partial charge in [-0.15, -0.1) is 11.3 Å². The van der Waals surface area contributed by atoms with E-state index >= 15 is 0 Å². The average Bonchev–Trinajstić information content (AvgIpc) is 2.99. The Kier molecular flexibility index (Phi) is 3.30. The summed E-state index contributed by atoms with van der Waals surface area (Å²) in [5.74, 6) is 0.0790. The summed E-state index contributed by atoms with van der Waals surface area (Å²) in [6.45, 7) is 4.58. The minimum absolute atomic E-state index is 0.0790. The van der Waals surface area contributed by atoms with Gasteiger partial charge in [0.15, 0.2) is 0 Å². The van der Waals surface area contributed by atoms with Gasteiger partial charge in [0.2, 0.25) is 5.91 Å². The molecular formula is C12H18N2OS. The molecular weight excluding hydrogens is 220 g/mol. The van der Waals surface area contributed by atoms with Gasteiger partial charge in [-0.05, 0) is 43.7 Å². The van der Waals surface area contributed by atoms with E-state index in [0.717, 1.165) is 19.4 Å². The van der Waals surface area contributed by atoms with Gasteiger partial charge in [0.25, 0.3) is 0 Å². The molecule has 0 radical (unpaired) electrons. The molecule has 1 aromatic heterocycles. The molecule has 1 aromatic rings. The van der Waals surface area contributed by atoms with Gasteiger partial charge in [-0.1, -0.05) is 0 Å². The fraction of sp³-hybridized carbons (Fsp3) is 0.583. The number of carbonyl (C=O) groups is 1. The summed E-state index contributed by atoms with van der Waals surface area (Å²) in [5.41, 5.74) is 6.95. The van der Waals surface area contributed by atoms with Crippen LogP contribution in [-0.2, 0) is 11.3 Å². The number of amides is 1. The molecule has 88 valence electrons. The Morgan fingerprint density at radius 2 is 2.38 bits per heavy atom. The van der Waals surface area contributed by atoms with Crippen LogP contribution in [0.2, 0.25) is 0 Å². The van der Waals surface area contributed by atoms with Crippen LogP contribution >= 0.6 is 11.3 Å². The predicted molar refractivity (Wildman–Crippen MR) is 66.3 cm³/mol. The van der Waals surface area contributed by atoms with Crippen molar-refractivity contribution in [2.45, 2.75) is 45.3 Å². The number of aryl methyl sites for hydroxylation is 1. The first-order valence-corrected chi connectivity index (χ1v) is 6.56. The molecule has 3 nitrogen and oxygen atoms in total. The maximum atomic E-state index is 12.0. The quantitative estimate of drug-likeness (QED) is 0.870. The van der Waals surface area contributed by atoms with Crippen molar-refractivity contribution in [3.8, 4) is 0 Å². The van der Waals surface area contributed by atoms with Crippen LogP contribution in [0.5, 0.6) is 0 Å². The normalized spacial score (nSPS) is 17.2. The summed E-state index contributed by atoms with van der Waals surface area (Å²) in [4.78, 5) is 15.2. The van der Waals surface area contributed by atoms with Crippen LogP contribution in [0.15, 0.2) is 11.4 Å². The van der Waals surface area contributed by atoms with Gasteiger partial charge in [-0.25, -0.2) is 0 Å². The van der Waals surface area contributed by atoms with Crippen LogP contribution in [0.3, 0.4) is 0 Å². The highest BCUT2D eigenvalue weighted by molar-refractivity contribution is 7.10. The van der Waals surface area contributed by atoms with Crippen molar-refractivity contribution in [3.63, 3.8) is 0 Å². The van der Waals surface area contributed by atoms with Crippen LogP contribution in [0.1, 0.15) is 30.2 Å². The first-order chi connectivity index (χ1) is 7.59. The molecule has 2 N–H and O–H groups in total. The van der Waals surface area contributed by atoms with E-state index in [1.165, 1.54) is 10.4 Å². The van der Waals surface area contributed by atoms with Gasteiger partial charge in [0, 0.05) is 10.9 Å². The summed E-state index contributed by atoms with van der Waals surface area (Å²) < 4.78 is 0. The van der Waals surface area contributed by atoms with Gasteiger partial charge in [-0.2, -0.15) is 0 Å². The van der Waals surface area contributed by atoms with E-state index in [-0.39, 0.29) is 11.9 Å². The predicted octanol–water partition coefficient (Wildman–Crippen LogP) is 1.89. The molecule has 0 bridgehead atoms. The molecule has 4 heteroatoms. The smallest absolute Gasteiger partial charge is 0.239 e. The van der Waals surface area contributed by atoms with Crippen molar-refractivity contribution in [2.75, 3.05) is 0 Å². The van der Waals surface area contributed by atoms with Crippen LogP contribution in [-0.4, -0.2) is 22.9 Å². The van der Waals surface area contributed by atoms with Crippen molar-refractivity contribution in [1.82, 2.24) is 4.90 Å². The van der Waals surface area contributed by atoms with Crippen molar-refractivity contribution in [1.29, 1.82) is 0 Å². The Morgan fingerprint density at radius 3 is 2.81 bits per heavy atom. The fourth-order valence-corrected chi connectivity index (χ4v) is 2.66. The molecule has 1 amide bonds. The Balaban J connectivity index is 2.09. The number of hydrogen-bond acceptors (Lipinski definition) is 3. The van der Waals surface area contributed by atoms with Crippen molar-refractivity contribution in [3.05, 3.63) is 21.9 Å². The lowest BCUT2D eigenvalue weighted by Crippen LogP contribution is -2.42. The van der Waals surface area contributed by atoms with Gasteiger partial charge in [0.1, 0.15) is 0 Å². The molecule has 1 atom stereocenters. The average molecular weight is 238 g/mol. The van der Waals surface area contributed by atoms with Crippen LogP contribution < -0.4 is 5.73 Å². The molecule has 1 heterocycles. The van der Waals surface area contributed by atoms with Crippen molar-refractivity contribution in [2.24, 2.45) is 5.73 Å². The number of thiophene rings is 1. The Morgan fingerprint density at radius 1 is 1.69 bits per heavy atom. The second-order valence-corrected chi connectivity index (χ2v) is 5.51. The first kappa shape index (κ1) is 11.6. The lowest BCUT2D eigenvalue weighted by Gasteiger charge is -2.24. The number of nitrogens with zero attached hydrogens (tertiary/aromatic N) is 1. The molecule has 0 aromatic carbocycles. The highest BCUT2D eigenvalue weighted by Crippen LogP contribution is 2.30. The van der Waals surface area contributed by atoms with Crippen LogP contribution in [0, 0.1) is 6.92 Å². The second kappa shape index (κ2) is 4.55. The number of hydrogen-bond donors (Lipinski definition) is 1. The molecule has 16 heavy (non-hydrogen) atoms. The summed E-state index contributed by atoms with van der Waals surface area (Å²) in [5, 5.41) is 2.08. The lowest BCUT2D eigenvalue weighted by atomic mass is 10.2. The third-order valence-corrected chi connectivity index (χ3v) is 3.95. The SMILES string of the molecule is Cc1ccsc1CN(C(=O)C(C)N)C1CC1. The molecule has 2 rings (SSSR count).